The summed E-state index contributed by atoms with van der Waals surface area (Å²) in [5, 5.41) is 11.6. The van der Waals surface area contributed by atoms with E-state index in [1.807, 2.05) is 6.07 Å². The van der Waals surface area contributed by atoms with Crippen molar-refractivity contribution in [3.8, 4) is 0 Å². The van der Waals surface area contributed by atoms with Crippen molar-refractivity contribution in [3.63, 3.8) is 0 Å². The zero-order valence-corrected chi connectivity index (χ0v) is 14.9. The molecule has 0 aromatic heterocycles. The van der Waals surface area contributed by atoms with E-state index < -0.39 is 5.60 Å². The summed E-state index contributed by atoms with van der Waals surface area (Å²) in [7, 11) is 4.27. The highest BCUT2D eigenvalue weighted by Gasteiger charge is 2.44. The van der Waals surface area contributed by atoms with Crippen LogP contribution in [0.1, 0.15) is 42.9 Å². The first kappa shape index (κ1) is 17.2. The molecule has 0 amide bonds. The second kappa shape index (κ2) is 7.50. The van der Waals surface area contributed by atoms with Gasteiger partial charge < -0.3 is 10.0 Å². The largest absolute Gasteiger partial charge is 0.389 e. The van der Waals surface area contributed by atoms with Gasteiger partial charge in [-0.2, -0.15) is 0 Å². The van der Waals surface area contributed by atoms with Gasteiger partial charge in [0.15, 0.2) is 0 Å². The summed E-state index contributed by atoms with van der Waals surface area (Å²) in [4.78, 5) is 2.28. The third-order valence-corrected chi connectivity index (χ3v) is 5.50. The Hall–Kier alpha value is -1.64. The van der Waals surface area contributed by atoms with Gasteiger partial charge in [-0.15, -0.1) is 0 Å². The molecule has 0 aliphatic heterocycles. The van der Waals surface area contributed by atoms with Crippen LogP contribution in [0.4, 0.5) is 0 Å². The van der Waals surface area contributed by atoms with Crippen LogP contribution >= 0.6 is 0 Å². The topological polar surface area (TPSA) is 23.5 Å². The van der Waals surface area contributed by atoms with E-state index in [0.29, 0.717) is 0 Å². The lowest BCUT2D eigenvalue weighted by Crippen LogP contribution is -2.48. The van der Waals surface area contributed by atoms with E-state index in [0.717, 1.165) is 25.7 Å². The van der Waals surface area contributed by atoms with Crippen molar-refractivity contribution < 1.29 is 5.11 Å². The molecular weight excluding hydrogens is 294 g/mol. The van der Waals surface area contributed by atoms with E-state index in [2.05, 4.69) is 73.6 Å². The smallest absolute Gasteiger partial charge is 0.0734 e. The maximum Gasteiger partial charge on any atom is 0.0734 e. The van der Waals surface area contributed by atoms with Crippen LogP contribution in [0.15, 0.2) is 60.7 Å². The highest BCUT2D eigenvalue weighted by molar-refractivity contribution is 5.23. The normalized spacial score (nSPS) is 25.6. The van der Waals surface area contributed by atoms with Crippen LogP contribution in [-0.4, -0.2) is 29.7 Å². The molecule has 1 fully saturated rings. The highest BCUT2D eigenvalue weighted by Crippen LogP contribution is 2.45. The fourth-order valence-electron chi connectivity index (χ4n) is 4.41. The second-order valence-electron chi connectivity index (χ2n) is 7.44. The van der Waals surface area contributed by atoms with Gasteiger partial charge in [0.05, 0.1) is 5.60 Å². The van der Waals surface area contributed by atoms with Gasteiger partial charge in [-0.3, -0.25) is 0 Å². The predicted octanol–water partition coefficient (Wildman–Crippen LogP) is 4.45. The summed E-state index contributed by atoms with van der Waals surface area (Å²) in [6.45, 7) is 0. The van der Waals surface area contributed by atoms with Crippen molar-refractivity contribution in [2.75, 3.05) is 14.1 Å². The number of hydrogen-bond acceptors (Lipinski definition) is 2. The number of aliphatic hydroxyl groups is 1. The molecule has 0 radical (unpaired) electrons. The molecule has 0 saturated heterocycles. The van der Waals surface area contributed by atoms with Crippen LogP contribution in [-0.2, 0) is 6.42 Å². The maximum absolute atomic E-state index is 11.6. The quantitative estimate of drug-likeness (QED) is 0.878. The molecule has 2 heteroatoms. The van der Waals surface area contributed by atoms with Crippen LogP contribution in [0.5, 0.6) is 0 Å². The molecule has 2 aromatic carbocycles. The zero-order valence-electron chi connectivity index (χ0n) is 14.9. The average Bonchev–Trinajstić information content (AvgIpc) is 2.58. The van der Waals surface area contributed by atoms with Crippen molar-refractivity contribution in [1.82, 2.24) is 4.90 Å². The molecule has 2 aromatic rings. The van der Waals surface area contributed by atoms with Crippen LogP contribution < -0.4 is 0 Å². The van der Waals surface area contributed by atoms with Gasteiger partial charge in [0.2, 0.25) is 0 Å². The van der Waals surface area contributed by atoms with Gasteiger partial charge in [0.25, 0.3) is 0 Å². The second-order valence-corrected chi connectivity index (χ2v) is 7.44. The van der Waals surface area contributed by atoms with Gasteiger partial charge >= 0.3 is 0 Å². The van der Waals surface area contributed by atoms with Crippen molar-refractivity contribution in [2.45, 2.75) is 43.7 Å². The molecule has 0 spiro atoms. The van der Waals surface area contributed by atoms with E-state index >= 15 is 0 Å². The Morgan fingerprint density at radius 3 is 2.25 bits per heavy atom. The van der Waals surface area contributed by atoms with E-state index in [1.54, 1.807) is 0 Å². The number of rotatable bonds is 5. The molecular formula is C22H29NO. The predicted molar refractivity (Wildman–Crippen MR) is 99.9 cm³/mol. The van der Waals surface area contributed by atoms with E-state index in [4.69, 9.17) is 0 Å². The zero-order chi connectivity index (χ0) is 17.0. The van der Waals surface area contributed by atoms with Crippen LogP contribution in [0.25, 0.3) is 0 Å². The summed E-state index contributed by atoms with van der Waals surface area (Å²) in [6.07, 6.45) is 5.05. The fraction of sp³-hybridized carbons (Fsp3) is 0.455. The van der Waals surface area contributed by atoms with Gasteiger partial charge in [0, 0.05) is 18.4 Å². The minimum absolute atomic E-state index is 0.250. The lowest BCUT2D eigenvalue weighted by molar-refractivity contribution is -0.0770. The Balaban J connectivity index is 1.92. The first-order chi connectivity index (χ1) is 11.6. The molecule has 0 bridgehead atoms. The van der Waals surface area contributed by atoms with Crippen molar-refractivity contribution in [2.24, 2.45) is 5.92 Å². The molecule has 1 aliphatic rings. The van der Waals surface area contributed by atoms with Crippen molar-refractivity contribution in [3.05, 3.63) is 71.8 Å². The summed E-state index contributed by atoms with van der Waals surface area (Å²) in [5.41, 5.74) is 1.91. The minimum Gasteiger partial charge on any atom is -0.389 e. The summed E-state index contributed by atoms with van der Waals surface area (Å²) < 4.78 is 0. The standard InChI is InChI=1S/C22H29NO/c1-23(2)21(19-13-7-4-8-14-19)20-15-9-10-16-22(20,24)17-18-11-5-3-6-12-18/h3-8,11-14,20-21,24H,9-10,15-17H2,1-2H3/t20-,21-,22+/m0/s1. The first-order valence-electron chi connectivity index (χ1n) is 9.08. The molecule has 1 aliphatic carbocycles. The average molecular weight is 323 g/mol. The van der Waals surface area contributed by atoms with Gasteiger partial charge in [-0.05, 0) is 38.1 Å². The van der Waals surface area contributed by atoms with Crippen LogP contribution in [0.3, 0.4) is 0 Å². The number of nitrogens with zero attached hydrogens (tertiary/aromatic N) is 1. The van der Waals surface area contributed by atoms with Crippen molar-refractivity contribution in [1.29, 1.82) is 0 Å². The minimum atomic E-state index is -0.635. The monoisotopic (exact) mass is 323 g/mol. The van der Waals surface area contributed by atoms with Crippen molar-refractivity contribution >= 4 is 0 Å². The Morgan fingerprint density at radius 1 is 1.00 bits per heavy atom. The van der Waals surface area contributed by atoms with Gasteiger partial charge in [-0.1, -0.05) is 73.5 Å². The summed E-state index contributed by atoms with van der Waals surface area (Å²) in [6, 6.07) is 21.4. The van der Waals surface area contributed by atoms with E-state index in [-0.39, 0.29) is 12.0 Å². The Morgan fingerprint density at radius 2 is 1.62 bits per heavy atom. The van der Waals surface area contributed by atoms with E-state index in [9.17, 15) is 5.11 Å². The molecule has 3 rings (SSSR count). The first-order valence-corrected chi connectivity index (χ1v) is 9.08. The SMILES string of the molecule is CN(C)[C@@H](c1ccccc1)[C@@H]1CCCC[C@@]1(O)Cc1ccccc1. The fourth-order valence-corrected chi connectivity index (χ4v) is 4.41. The van der Waals surface area contributed by atoms with Gasteiger partial charge in [0.1, 0.15) is 0 Å². The third-order valence-electron chi connectivity index (χ3n) is 5.50. The summed E-state index contributed by atoms with van der Waals surface area (Å²) >= 11 is 0. The molecule has 0 heterocycles. The Bertz CT molecular complexity index is 625. The molecule has 2 nitrogen and oxygen atoms in total. The molecule has 1 N–H and O–H groups in total. The molecule has 1 saturated carbocycles. The Kier molecular flexibility index (Phi) is 5.37. The number of hydrogen-bond donors (Lipinski definition) is 1. The van der Waals surface area contributed by atoms with Gasteiger partial charge in [-0.25, -0.2) is 0 Å². The summed E-state index contributed by atoms with van der Waals surface area (Å²) in [5.74, 6) is 0.254. The molecule has 24 heavy (non-hydrogen) atoms. The lowest BCUT2D eigenvalue weighted by atomic mass is 9.67. The molecule has 128 valence electrons. The Labute approximate surface area is 146 Å². The third kappa shape index (κ3) is 3.71. The highest BCUT2D eigenvalue weighted by atomic mass is 16.3. The number of benzene rings is 2. The van der Waals surface area contributed by atoms with E-state index in [1.165, 1.54) is 17.5 Å². The lowest BCUT2D eigenvalue weighted by Gasteiger charge is -2.46. The van der Waals surface area contributed by atoms with Crippen LogP contribution in [0, 0.1) is 5.92 Å². The maximum atomic E-state index is 11.6. The molecule has 0 unspecified atom stereocenters. The molecule has 3 atom stereocenters. The van der Waals surface area contributed by atoms with Crippen LogP contribution in [0.2, 0.25) is 0 Å².